The van der Waals surface area contributed by atoms with Gasteiger partial charge in [0, 0.05) is 96.3 Å². The van der Waals surface area contributed by atoms with Crippen LogP contribution in [0, 0.1) is 0 Å². The number of epoxide rings is 18. The second kappa shape index (κ2) is 17.3. The van der Waals surface area contributed by atoms with Crippen LogP contribution in [0.2, 0.25) is 0 Å². The zero-order valence-electron chi connectivity index (χ0n) is 45.8. The fourth-order valence-corrected chi connectivity index (χ4v) is 17.4. The highest BCUT2D eigenvalue weighted by Gasteiger charge is 2.86. The van der Waals surface area contributed by atoms with Crippen molar-refractivity contribution in [3.05, 3.63) is 31.5 Å². The lowest BCUT2D eigenvalue weighted by molar-refractivity contribution is 0.00351. The molecule has 1 aromatic heterocycles. The van der Waals surface area contributed by atoms with E-state index in [1.807, 2.05) is 0 Å². The van der Waals surface area contributed by atoms with Gasteiger partial charge in [0.1, 0.15) is 33.6 Å². The maximum atomic E-state index is 18.0. The van der Waals surface area contributed by atoms with Crippen molar-refractivity contribution in [1.29, 1.82) is 0 Å². The van der Waals surface area contributed by atoms with Gasteiger partial charge in [0.05, 0.1) is 207 Å². The van der Waals surface area contributed by atoms with Gasteiger partial charge in [0.2, 0.25) is 0 Å². The Labute approximate surface area is 466 Å². The molecule has 24 nitrogen and oxygen atoms in total. The maximum absolute atomic E-state index is 18.0. The van der Waals surface area contributed by atoms with Gasteiger partial charge >= 0.3 is 17.1 Å². The lowest BCUT2D eigenvalue weighted by atomic mass is 9.64. The van der Waals surface area contributed by atoms with Crippen molar-refractivity contribution < 1.29 is 85.3 Å². The van der Waals surface area contributed by atoms with Gasteiger partial charge in [-0.3, -0.25) is 0 Å². The lowest BCUT2D eigenvalue weighted by Crippen LogP contribution is -2.74. The van der Waals surface area contributed by atoms with Crippen molar-refractivity contribution in [3.8, 4) is 0 Å². The summed E-state index contributed by atoms with van der Waals surface area (Å²) in [7, 11) is 0. The van der Waals surface area contributed by atoms with Crippen LogP contribution < -0.4 is 17.1 Å². The molecule has 19 rings (SSSR count). The van der Waals surface area contributed by atoms with Gasteiger partial charge in [-0.25, -0.2) is 28.1 Å². The van der Waals surface area contributed by atoms with Gasteiger partial charge in [-0.1, -0.05) is 0 Å². The first-order chi connectivity index (χ1) is 39.4. The topological polar surface area (TPSA) is 292 Å². The first-order valence-electron chi connectivity index (χ1n) is 30.8. The number of ether oxygens (including phenoxy) is 18. The number of hydrogen-bond donors (Lipinski definition) is 0. The minimum absolute atomic E-state index is 0.0966. The van der Waals surface area contributed by atoms with E-state index in [1.54, 1.807) is 0 Å². The summed E-state index contributed by atoms with van der Waals surface area (Å²) < 4.78 is 121. The molecule has 0 N–H and O–H groups in total. The number of nitrogens with zero attached hydrogens (tertiary/aromatic N) is 3. The number of aromatic nitrogens is 3. The van der Waals surface area contributed by atoms with E-state index in [4.69, 9.17) is 85.3 Å². The highest BCUT2D eigenvalue weighted by molar-refractivity contribution is 5.35. The summed E-state index contributed by atoms with van der Waals surface area (Å²) in [5, 5.41) is 0. The molecule has 1 aromatic rings. The molecule has 0 bridgehead atoms. The summed E-state index contributed by atoms with van der Waals surface area (Å²) in [6, 6.07) is 0. The van der Waals surface area contributed by atoms with Crippen LogP contribution in [0.4, 0.5) is 0 Å². The van der Waals surface area contributed by atoms with E-state index in [0.717, 1.165) is 0 Å². The molecule has 24 heteroatoms. The third-order valence-corrected chi connectivity index (χ3v) is 22.2. The standard InChI is InChI=1S/C57H75N3O21/c61-46-58(49(1-31-16-64-31,2-32-17-65-32)55(13-43-28-76-43)52(79-55,7-37-22-70-37)8-38-23-71-38)47(62)60(51(5-35-20-68-35,6-36-21-69-36)57(15-45-30-78-45)54(81-57,11-41-26-74-41)12-42-27-75-42)48(63)59(46)50(3-33-18-66-33,4-34-19-67-34)56(14-44-29-77-44)53(80-56,9-39-24-72-39)10-40-25-73-40/h31-45H,1-30H2. The molecule has 0 radical (unpaired) electrons. The summed E-state index contributed by atoms with van der Waals surface area (Å²) in [6.07, 6.45) is 2.22. The Morgan fingerprint density at radius 3 is 0.556 bits per heavy atom. The predicted octanol–water partition coefficient (Wildman–Crippen LogP) is -0.385. The summed E-state index contributed by atoms with van der Waals surface area (Å²) >= 11 is 0. The normalized spacial score (nSPS) is 51.2. The van der Waals surface area contributed by atoms with Crippen LogP contribution in [0.15, 0.2) is 14.4 Å². The maximum Gasteiger partial charge on any atom is 0.337 e. The first kappa shape index (κ1) is 50.8. The molecule has 18 fully saturated rings. The summed E-state index contributed by atoms with van der Waals surface area (Å²) in [4.78, 5) is 54.0. The monoisotopic (exact) mass is 1140 g/mol. The molecule has 0 aliphatic carbocycles. The molecule has 18 unspecified atom stereocenters. The summed E-state index contributed by atoms with van der Waals surface area (Å²) in [5.74, 6) is 0. The Morgan fingerprint density at radius 2 is 0.407 bits per heavy atom. The molecule has 0 amide bonds. The van der Waals surface area contributed by atoms with Crippen molar-refractivity contribution in [2.45, 2.75) is 238 Å². The molecule has 81 heavy (non-hydrogen) atoms. The second-order valence-electron chi connectivity index (χ2n) is 28.1. The number of hydrogen-bond acceptors (Lipinski definition) is 21. The average Bonchev–Trinajstić information content (AvgIpc) is 2.34. The van der Waals surface area contributed by atoms with Crippen LogP contribution in [0.5, 0.6) is 0 Å². The molecule has 18 aliphatic heterocycles. The Bertz CT molecular complexity index is 2470. The van der Waals surface area contributed by atoms with Gasteiger partial charge in [-0.05, 0) is 0 Å². The number of rotatable bonds is 36. The van der Waals surface area contributed by atoms with Crippen LogP contribution in [-0.2, 0) is 102 Å². The smallest absolute Gasteiger partial charge is 0.337 e. The molecule has 0 saturated carbocycles. The van der Waals surface area contributed by atoms with Crippen molar-refractivity contribution in [2.24, 2.45) is 0 Å². The Balaban J connectivity index is 0.927. The summed E-state index contributed by atoms with van der Waals surface area (Å²) in [5.41, 5.74) is -13.2. The lowest BCUT2D eigenvalue weighted by Gasteiger charge is -2.48. The minimum atomic E-state index is -1.51. The molecular weight excluding hydrogens is 1060 g/mol. The second-order valence-corrected chi connectivity index (χ2v) is 28.1. The third-order valence-electron chi connectivity index (χ3n) is 22.2. The van der Waals surface area contributed by atoms with E-state index in [9.17, 15) is 0 Å². The van der Waals surface area contributed by atoms with Crippen LogP contribution >= 0.6 is 0 Å². The van der Waals surface area contributed by atoms with Crippen molar-refractivity contribution in [3.63, 3.8) is 0 Å². The Hall–Kier alpha value is -2.31. The first-order valence-corrected chi connectivity index (χ1v) is 30.8. The zero-order valence-corrected chi connectivity index (χ0v) is 45.8. The van der Waals surface area contributed by atoms with Crippen LogP contribution in [0.3, 0.4) is 0 Å². The predicted molar refractivity (Wildman–Crippen MR) is 268 cm³/mol. The van der Waals surface area contributed by atoms with E-state index < -0.39 is 67.3 Å². The van der Waals surface area contributed by atoms with Crippen LogP contribution in [-0.4, -0.2) is 238 Å². The van der Waals surface area contributed by atoms with Gasteiger partial charge in [-0.15, -0.1) is 0 Å². The van der Waals surface area contributed by atoms with Gasteiger partial charge in [-0.2, -0.15) is 0 Å². The average molecular weight is 1140 g/mol. The summed E-state index contributed by atoms with van der Waals surface area (Å²) in [6.45, 7) is 7.39. The fourth-order valence-electron chi connectivity index (χ4n) is 17.4. The molecule has 444 valence electrons. The van der Waals surface area contributed by atoms with Gasteiger partial charge < -0.3 is 85.3 Å². The van der Waals surface area contributed by atoms with Crippen molar-refractivity contribution >= 4 is 0 Å². The van der Waals surface area contributed by atoms with E-state index in [1.165, 1.54) is 13.7 Å². The molecule has 18 atom stereocenters. The molecule has 18 aliphatic rings. The molecule has 18 saturated heterocycles. The van der Waals surface area contributed by atoms with E-state index >= 15 is 14.4 Å². The SMILES string of the molecule is O=c1n(C(CC2CO2)(CC2CO2)C2(CC3CO3)OC2(CC2CO2)CC2CO2)c(=O)n(C(CC2CO2)(CC2CO2)C2(CC3CO3)OC2(CC2CO2)CC2CO2)c(=O)n1C(CC1CO1)(CC1CO1)C1(CC2CO2)OC1(CC1CO1)CC1CO1. The molecule has 19 heterocycles. The van der Waals surface area contributed by atoms with Crippen LogP contribution in [0.25, 0.3) is 0 Å². The minimum Gasteiger partial charge on any atom is -0.373 e. The van der Waals surface area contributed by atoms with Gasteiger partial charge in [0.25, 0.3) is 0 Å². The van der Waals surface area contributed by atoms with E-state index in [0.29, 0.717) is 157 Å². The molecular formula is C57H75N3O21. The largest absolute Gasteiger partial charge is 0.373 e. The van der Waals surface area contributed by atoms with Crippen molar-refractivity contribution in [2.75, 3.05) is 99.1 Å². The van der Waals surface area contributed by atoms with E-state index in [2.05, 4.69) is 0 Å². The quantitative estimate of drug-likeness (QED) is 0.0774. The third kappa shape index (κ3) is 8.74. The molecule has 0 spiro atoms. The van der Waals surface area contributed by atoms with Gasteiger partial charge in [0.15, 0.2) is 0 Å². The molecule has 0 aromatic carbocycles. The van der Waals surface area contributed by atoms with Crippen molar-refractivity contribution in [1.82, 2.24) is 13.7 Å². The van der Waals surface area contributed by atoms with Crippen LogP contribution in [0.1, 0.15) is 96.3 Å². The van der Waals surface area contributed by atoms with E-state index in [-0.39, 0.29) is 130 Å². The zero-order chi connectivity index (χ0) is 53.6. The fraction of sp³-hybridized carbons (Fsp3) is 0.947. The Kier molecular flexibility index (Phi) is 10.8. The highest BCUT2D eigenvalue weighted by Crippen LogP contribution is 2.72. The highest BCUT2D eigenvalue weighted by atomic mass is 16.7. The Morgan fingerprint density at radius 1 is 0.259 bits per heavy atom.